The van der Waals surface area contributed by atoms with Crippen molar-refractivity contribution in [3.8, 4) is 0 Å². The molecular formula is C14H17N5O2S. The van der Waals surface area contributed by atoms with Gasteiger partial charge in [0.05, 0.1) is 11.4 Å². The highest BCUT2D eigenvalue weighted by Crippen LogP contribution is 2.39. The Morgan fingerprint density at radius 3 is 2.91 bits per heavy atom. The fourth-order valence-electron chi connectivity index (χ4n) is 2.05. The molecule has 116 valence electrons. The van der Waals surface area contributed by atoms with E-state index < -0.39 is 10.0 Å². The fourth-order valence-corrected chi connectivity index (χ4v) is 2.42. The maximum absolute atomic E-state index is 10.9. The van der Waals surface area contributed by atoms with E-state index >= 15 is 0 Å². The number of anilines is 2. The van der Waals surface area contributed by atoms with Gasteiger partial charge in [-0.2, -0.15) is 5.10 Å². The monoisotopic (exact) mass is 319 g/mol. The van der Waals surface area contributed by atoms with Gasteiger partial charge in [-0.25, -0.2) is 18.5 Å². The molecule has 2 heterocycles. The van der Waals surface area contributed by atoms with Crippen LogP contribution in [-0.2, 0) is 10.0 Å². The molecule has 0 unspecified atom stereocenters. The average molecular weight is 319 g/mol. The highest BCUT2D eigenvalue weighted by Gasteiger charge is 2.25. The molecule has 1 aliphatic carbocycles. The van der Waals surface area contributed by atoms with Crippen LogP contribution in [0.2, 0.25) is 0 Å². The summed E-state index contributed by atoms with van der Waals surface area (Å²) < 4.78 is 21.7. The van der Waals surface area contributed by atoms with Gasteiger partial charge in [0.25, 0.3) is 0 Å². The number of hydrogen-bond acceptors (Lipinski definition) is 5. The van der Waals surface area contributed by atoms with E-state index in [1.807, 2.05) is 18.2 Å². The molecule has 8 heteroatoms. The summed E-state index contributed by atoms with van der Waals surface area (Å²) in [5.41, 5.74) is 1.79. The van der Waals surface area contributed by atoms with Crippen molar-refractivity contribution in [1.82, 2.24) is 15.2 Å². The van der Waals surface area contributed by atoms with Crippen molar-refractivity contribution in [2.24, 2.45) is 5.14 Å². The molecule has 0 spiro atoms. The normalized spacial score (nSPS) is 15.3. The van der Waals surface area contributed by atoms with E-state index in [4.69, 9.17) is 5.14 Å². The highest BCUT2D eigenvalue weighted by molar-refractivity contribution is 7.89. The number of aromatic amines is 1. The lowest BCUT2D eigenvalue weighted by molar-refractivity contribution is 0.600. The zero-order valence-corrected chi connectivity index (χ0v) is 12.7. The van der Waals surface area contributed by atoms with E-state index in [1.54, 1.807) is 12.1 Å². The molecule has 3 rings (SSSR count). The number of pyridine rings is 1. The van der Waals surface area contributed by atoms with Gasteiger partial charge in [-0.05, 0) is 31.1 Å². The first-order valence-electron chi connectivity index (χ1n) is 6.96. The molecule has 0 atom stereocenters. The van der Waals surface area contributed by atoms with E-state index in [1.165, 1.54) is 18.9 Å². The third kappa shape index (κ3) is 4.15. The van der Waals surface area contributed by atoms with Crippen molar-refractivity contribution in [1.29, 1.82) is 0 Å². The van der Waals surface area contributed by atoms with E-state index in [0.29, 0.717) is 17.4 Å². The van der Waals surface area contributed by atoms with Crippen LogP contribution in [0.15, 0.2) is 30.3 Å². The molecule has 0 bridgehead atoms. The first kappa shape index (κ1) is 14.7. The molecule has 0 radical (unpaired) electrons. The first-order chi connectivity index (χ1) is 10.5. The Morgan fingerprint density at radius 1 is 1.36 bits per heavy atom. The predicted molar refractivity (Wildman–Crippen MR) is 85.1 cm³/mol. The summed E-state index contributed by atoms with van der Waals surface area (Å²) in [6, 6.07) is 7.43. The molecular weight excluding hydrogens is 302 g/mol. The Labute approximate surface area is 128 Å². The van der Waals surface area contributed by atoms with Crippen LogP contribution >= 0.6 is 0 Å². The lowest BCUT2D eigenvalue weighted by atomic mass is 10.3. The van der Waals surface area contributed by atoms with Crippen molar-refractivity contribution in [3.05, 3.63) is 41.7 Å². The summed E-state index contributed by atoms with van der Waals surface area (Å²) in [6.45, 7) is 0. The number of H-pyrrole nitrogens is 1. The summed E-state index contributed by atoms with van der Waals surface area (Å²) in [5, 5.41) is 15.3. The molecule has 1 fully saturated rings. The zero-order valence-electron chi connectivity index (χ0n) is 11.9. The maximum Gasteiger partial charge on any atom is 0.212 e. The Hall–Kier alpha value is -2.19. The van der Waals surface area contributed by atoms with Crippen molar-refractivity contribution in [3.63, 3.8) is 0 Å². The van der Waals surface area contributed by atoms with Crippen LogP contribution in [0.4, 0.5) is 11.6 Å². The number of aromatic nitrogens is 3. The van der Waals surface area contributed by atoms with Crippen LogP contribution in [0.5, 0.6) is 0 Å². The van der Waals surface area contributed by atoms with Gasteiger partial charge in [0.2, 0.25) is 10.0 Å². The molecule has 7 nitrogen and oxygen atoms in total. The SMILES string of the molecule is NS(=O)(=O)C/C=C/c1cccc(Nc2cc(C3CC3)[nH]n2)n1. The van der Waals surface area contributed by atoms with Gasteiger partial charge in [0.15, 0.2) is 5.82 Å². The molecule has 1 aliphatic rings. The number of hydrogen-bond donors (Lipinski definition) is 3. The quantitative estimate of drug-likeness (QED) is 0.750. The lowest BCUT2D eigenvalue weighted by Gasteiger charge is -2.02. The maximum atomic E-state index is 10.9. The van der Waals surface area contributed by atoms with Crippen molar-refractivity contribution in [2.45, 2.75) is 18.8 Å². The highest BCUT2D eigenvalue weighted by atomic mass is 32.2. The smallest absolute Gasteiger partial charge is 0.212 e. The van der Waals surface area contributed by atoms with Gasteiger partial charge in [-0.15, -0.1) is 0 Å². The Kier molecular flexibility index (Phi) is 3.95. The number of nitrogens with zero attached hydrogens (tertiary/aromatic N) is 2. The number of nitrogens with two attached hydrogens (primary N) is 1. The topological polar surface area (TPSA) is 114 Å². The average Bonchev–Trinajstić information content (AvgIpc) is 3.19. The standard InChI is InChI=1S/C14H17N5O2S/c15-22(20,21)8-2-4-11-3-1-5-13(16-11)17-14-9-12(18-19-14)10-6-7-10/h1-5,9-10H,6-8H2,(H2,15,20,21)(H2,16,17,18,19)/b4-2+. The minimum atomic E-state index is -3.50. The number of sulfonamides is 1. The number of rotatable bonds is 6. The third-order valence-corrected chi connectivity index (χ3v) is 3.92. The predicted octanol–water partition coefficient (Wildman–Crippen LogP) is 1.73. The summed E-state index contributed by atoms with van der Waals surface area (Å²) in [4.78, 5) is 4.37. The van der Waals surface area contributed by atoms with Gasteiger partial charge < -0.3 is 5.32 Å². The van der Waals surface area contributed by atoms with Crippen LogP contribution in [0.1, 0.15) is 30.1 Å². The molecule has 0 aromatic carbocycles. The molecule has 1 saturated carbocycles. The van der Waals surface area contributed by atoms with Gasteiger partial charge in [-0.1, -0.05) is 12.1 Å². The summed E-state index contributed by atoms with van der Waals surface area (Å²) in [6.07, 6.45) is 5.52. The molecule has 2 aromatic rings. The Bertz CT molecular complexity index is 793. The largest absolute Gasteiger partial charge is 0.323 e. The van der Waals surface area contributed by atoms with Crippen LogP contribution in [0.3, 0.4) is 0 Å². The van der Waals surface area contributed by atoms with Gasteiger partial charge >= 0.3 is 0 Å². The van der Waals surface area contributed by atoms with Crippen molar-refractivity contribution >= 4 is 27.7 Å². The van der Waals surface area contributed by atoms with Crippen molar-refractivity contribution < 1.29 is 8.42 Å². The lowest BCUT2D eigenvalue weighted by Crippen LogP contribution is -2.14. The second kappa shape index (κ2) is 5.90. The number of nitrogens with one attached hydrogen (secondary N) is 2. The molecule has 2 aromatic heterocycles. The minimum absolute atomic E-state index is 0.212. The van der Waals surface area contributed by atoms with E-state index in [0.717, 1.165) is 11.5 Å². The molecule has 0 aliphatic heterocycles. The summed E-state index contributed by atoms with van der Waals surface area (Å²) in [7, 11) is -3.50. The second-order valence-corrected chi connectivity index (χ2v) is 6.95. The van der Waals surface area contributed by atoms with Gasteiger partial charge in [0, 0.05) is 17.7 Å². The summed E-state index contributed by atoms with van der Waals surface area (Å²) in [5.74, 6) is 1.77. The first-order valence-corrected chi connectivity index (χ1v) is 8.67. The number of primary sulfonamides is 1. The molecule has 0 amide bonds. The Morgan fingerprint density at radius 2 is 2.18 bits per heavy atom. The summed E-state index contributed by atoms with van der Waals surface area (Å²) >= 11 is 0. The molecule has 22 heavy (non-hydrogen) atoms. The van der Waals surface area contributed by atoms with E-state index in [9.17, 15) is 8.42 Å². The van der Waals surface area contributed by atoms with Gasteiger partial charge in [-0.3, -0.25) is 5.10 Å². The third-order valence-electron chi connectivity index (χ3n) is 3.26. The van der Waals surface area contributed by atoms with Crippen molar-refractivity contribution in [2.75, 3.05) is 11.1 Å². The van der Waals surface area contributed by atoms with Crippen LogP contribution in [0.25, 0.3) is 6.08 Å². The van der Waals surface area contributed by atoms with E-state index in [-0.39, 0.29) is 5.75 Å². The Balaban J connectivity index is 1.67. The van der Waals surface area contributed by atoms with Crippen LogP contribution in [0, 0.1) is 0 Å². The van der Waals surface area contributed by atoms with Crippen LogP contribution < -0.4 is 10.5 Å². The molecule has 0 saturated heterocycles. The van der Waals surface area contributed by atoms with Gasteiger partial charge in [0.1, 0.15) is 5.82 Å². The zero-order chi connectivity index (χ0) is 15.6. The fraction of sp³-hybridized carbons (Fsp3) is 0.286. The minimum Gasteiger partial charge on any atom is -0.323 e. The van der Waals surface area contributed by atoms with E-state index in [2.05, 4.69) is 20.5 Å². The second-order valence-electron chi connectivity index (χ2n) is 5.29. The van der Waals surface area contributed by atoms with Crippen LogP contribution in [-0.4, -0.2) is 29.4 Å². The molecule has 4 N–H and O–H groups in total.